The van der Waals surface area contributed by atoms with E-state index in [1.165, 1.54) is 20.0 Å². The van der Waals surface area contributed by atoms with E-state index in [-0.39, 0.29) is 18.5 Å². The molecule has 8 heteroatoms. The Labute approximate surface area is 137 Å². The van der Waals surface area contributed by atoms with E-state index in [2.05, 4.69) is 10.3 Å². The molecule has 0 aromatic carbocycles. The van der Waals surface area contributed by atoms with Gasteiger partial charge in [-0.15, -0.1) is 0 Å². The molecule has 0 spiro atoms. The van der Waals surface area contributed by atoms with Crippen molar-refractivity contribution in [3.8, 4) is 0 Å². The summed E-state index contributed by atoms with van der Waals surface area (Å²) in [5, 5.41) is 12.8. The van der Waals surface area contributed by atoms with Crippen LogP contribution in [0.1, 0.15) is 43.6 Å². The quantitative estimate of drug-likeness (QED) is 0.847. The van der Waals surface area contributed by atoms with Crippen LogP contribution in [0.2, 0.25) is 0 Å². The summed E-state index contributed by atoms with van der Waals surface area (Å²) in [7, 11) is 0. The maximum absolute atomic E-state index is 12.4. The van der Waals surface area contributed by atoms with Gasteiger partial charge in [0.1, 0.15) is 11.3 Å². The van der Waals surface area contributed by atoms with Crippen molar-refractivity contribution in [3.63, 3.8) is 0 Å². The second-order valence-electron chi connectivity index (χ2n) is 6.26. The average molecular weight is 343 g/mol. The van der Waals surface area contributed by atoms with Gasteiger partial charge in [-0.3, -0.25) is 9.20 Å². The topological polar surface area (TPSA) is 66.6 Å². The van der Waals surface area contributed by atoms with E-state index >= 15 is 0 Å². The fourth-order valence-corrected chi connectivity index (χ4v) is 2.44. The molecule has 1 atom stereocenters. The minimum atomic E-state index is -4.25. The van der Waals surface area contributed by atoms with E-state index < -0.39 is 30.1 Å². The van der Waals surface area contributed by atoms with Gasteiger partial charge >= 0.3 is 6.18 Å². The van der Waals surface area contributed by atoms with Crippen LogP contribution in [0.15, 0.2) is 30.6 Å². The summed E-state index contributed by atoms with van der Waals surface area (Å²) in [5.41, 5.74) is -0.503. The molecule has 0 saturated heterocycles. The van der Waals surface area contributed by atoms with E-state index in [1.807, 2.05) is 0 Å². The van der Waals surface area contributed by atoms with Crippen LogP contribution in [0, 0.1) is 0 Å². The van der Waals surface area contributed by atoms with E-state index in [0.717, 1.165) is 0 Å². The first-order chi connectivity index (χ1) is 11.1. The Morgan fingerprint density at radius 2 is 2.08 bits per heavy atom. The SMILES string of the molecule is CC(C)(O)C(CCCC(F)(F)F)NC(=O)c1cnc2ccccn12. The van der Waals surface area contributed by atoms with E-state index in [0.29, 0.717) is 5.65 Å². The predicted octanol–water partition coefficient (Wildman–Crippen LogP) is 2.94. The van der Waals surface area contributed by atoms with Crippen LogP contribution in [0.4, 0.5) is 13.2 Å². The van der Waals surface area contributed by atoms with Gasteiger partial charge in [-0.2, -0.15) is 13.2 Å². The van der Waals surface area contributed by atoms with Crippen molar-refractivity contribution in [2.45, 2.75) is 50.9 Å². The van der Waals surface area contributed by atoms with Gasteiger partial charge in [0.05, 0.1) is 17.8 Å². The van der Waals surface area contributed by atoms with Crippen molar-refractivity contribution in [1.82, 2.24) is 14.7 Å². The lowest BCUT2D eigenvalue weighted by molar-refractivity contribution is -0.136. The van der Waals surface area contributed by atoms with Crippen molar-refractivity contribution in [2.75, 3.05) is 0 Å². The zero-order valence-corrected chi connectivity index (χ0v) is 13.5. The molecule has 0 aliphatic rings. The molecule has 0 saturated carbocycles. The third-order valence-electron chi connectivity index (χ3n) is 3.76. The summed E-state index contributed by atoms with van der Waals surface area (Å²) in [6.07, 6.45) is -2.31. The van der Waals surface area contributed by atoms with E-state index in [1.54, 1.807) is 28.8 Å². The number of hydrogen-bond donors (Lipinski definition) is 2. The fourth-order valence-electron chi connectivity index (χ4n) is 2.44. The molecule has 1 amide bonds. The Balaban J connectivity index is 2.10. The lowest BCUT2D eigenvalue weighted by Gasteiger charge is -2.30. The molecule has 2 aromatic rings. The van der Waals surface area contributed by atoms with Gasteiger partial charge in [-0.05, 0) is 38.8 Å². The van der Waals surface area contributed by atoms with Gasteiger partial charge in [0, 0.05) is 12.6 Å². The molecular weight excluding hydrogens is 323 g/mol. The highest BCUT2D eigenvalue weighted by Gasteiger charge is 2.32. The highest BCUT2D eigenvalue weighted by Crippen LogP contribution is 2.24. The van der Waals surface area contributed by atoms with Crippen molar-refractivity contribution in [2.24, 2.45) is 0 Å². The number of amides is 1. The third kappa shape index (κ3) is 4.70. The lowest BCUT2D eigenvalue weighted by Crippen LogP contribution is -2.49. The first-order valence-corrected chi connectivity index (χ1v) is 7.60. The van der Waals surface area contributed by atoms with Crippen LogP contribution < -0.4 is 5.32 Å². The molecule has 5 nitrogen and oxygen atoms in total. The van der Waals surface area contributed by atoms with Crippen LogP contribution in [-0.4, -0.2) is 38.2 Å². The zero-order chi connectivity index (χ0) is 18.0. The molecule has 1 unspecified atom stereocenters. The summed E-state index contributed by atoms with van der Waals surface area (Å²) in [5.74, 6) is -0.493. The van der Waals surface area contributed by atoms with Gasteiger partial charge in [0.15, 0.2) is 0 Å². The van der Waals surface area contributed by atoms with Crippen molar-refractivity contribution in [3.05, 3.63) is 36.3 Å². The minimum Gasteiger partial charge on any atom is -0.388 e. The number of carbonyl (C=O) groups excluding carboxylic acids is 1. The Bertz CT molecular complexity index is 704. The maximum Gasteiger partial charge on any atom is 0.389 e. The Morgan fingerprint density at radius 1 is 1.38 bits per heavy atom. The monoisotopic (exact) mass is 343 g/mol. The number of hydrogen-bond acceptors (Lipinski definition) is 3. The summed E-state index contributed by atoms with van der Waals surface area (Å²) >= 11 is 0. The van der Waals surface area contributed by atoms with Crippen molar-refractivity contribution >= 4 is 11.6 Å². The van der Waals surface area contributed by atoms with Gasteiger partial charge in [-0.25, -0.2) is 4.98 Å². The lowest BCUT2D eigenvalue weighted by atomic mass is 9.93. The number of nitrogens with one attached hydrogen (secondary N) is 1. The number of fused-ring (bicyclic) bond motifs is 1. The normalized spacial score (nSPS) is 13.9. The van der Waals surface area contributed by atoms with Crippen LogP contribution >= 0.6 is 0 Å². The number of carbonyl (C=O) groups is 1. The summed E-state index contributed by atoms with van der Waals surface area (Å²) < 4.78 is 38.5. The van der Waals surface area contributed by atoms with Crippen LogP contribution in [0.25, 0.3) is 5.65 Å². The molecule has 2 rings (SSSR count). The second kappa shape index (κ2) is 6.80. The van der Waals surface area contributed by atoms with Gasteiger partial charge in [-0.1, -0.05) is 6.07 Å². The van der Waals surface area contributed by atoms with E-state index in [9.17, 15) is 23.1 Å². The number of aromatic nitrogens is 2. The van der Waals surface area contributed by atoms with Gasteiger partial charge in [0.2, 0.25) is 0 Å². The molecule has 0 aliphatic carbocycles. The van der Waals surface area contributed by atoms with Gasteiger partial charge in [0.25, 0.3) is 5.91 Å². The second-order valence-corrected chi connectivity index (χ2v) is 6.26. The molecule has 24 heavy (non-hydrogen) atoms. The molecule has 0 fully saturated rings. The first-order valence-electron chi connectivity index (χ1n) is 7.60. The Kier molecular flexibility index (Phi) is 5.17. The van der Waals surface area contributed by atoms with Crippen LogP contribution in [-0.2, 0) is 0 Å². The van der Waals surface area contributed by atoms with E-state index in [4.69, 9.17) is 0 Å². The summed E-state index contributed by atoms with van der Waals surface area (Å²) in [6, 6.07) is 4.44. The number of pyridine rings is 1. The molecule has 132 valence electrons. The highest BCUT2D eigenvalue weighted by atomic mass is 19.4. The predicted molar refractivity (Wildman–Crippen MR) is 82.7 cm³/mol. The molecule has 2 heterocycles. The number of alkyl halides is 3. The zero-order valence-electron chi connectivity index (χ0n) is 13.5. The fraction of sp³-hybridized carbons (Fsp3) is 0.500. The standard InChI is InChI=1S/C16H20F3N3O2/c1-15(2,24)12(6-5-8-16(17,18)19)21-14(23)11-10-20-13-7-3-4-9-22(11)13/h3-4,7,9-10,12,24H,5-6,8H2,1-2H3,(H,21,23). The minimum absolute atomic E-state index is 0.0193. The molecule has 0 radical (unpaired) electrons. The molecule has 2 N–H and O–H groups in total. The third-order valence-corrected chi connectivity index (χ3v) is 3.76. The van der Waals surface area contributed by atoms with Crippen LogP contribution in [0.5, 0.6) is 0 Å². The van der Waals surface area contributed by atoms with Crippen LogP contribution in [0.3, 0.4) is 0 Å². The number of halogens is 3. The Morgan fingerprint density at radius 3 is 2.71 bits per heavy atom. The van der Waals surface area contributed by atoms with Gasteiger partial charge < -0.3 is 10.4 Å². The molecule has 0 bridgehead atoms. The number of imidazole rings is 1. The number of aliphatic hydroxyl groups is 1. The largest absolute Gasteiger partial charge is 0.389 e. The summed E-state index contributed by atoms with van der Waals surface area (Å²) in [4.78, 5) is 16.5. The average Bonchev–Trinajstić information content (AvgIpc) is 2.87. The first kappa shape index (κ1) is 18.3. The molecular formula is C16H20F3N3O2. The molecule has 0 aliphatic heterocycles. The highest BCUT2D eigenvalue weighted by molar-refractivity contribution is 5.93. The Hall–Kier alpha value is -2.09. The maximum atomic E-state index is 12.4. The number of nitrogens with zero attached hydrogens (tertiary/aromatic N) is 2. The molecule has 2 aromatic heterocycles. The smallest absolute Gasteiger partial charge is 0.388 e. The summed E-state index contributed by atoms with van der Waals surface area (Å²) in [6.45, 7) is 2.92. The van der Waals surface area contributed by atoms with Crippen molar-refractivity contribution in [1.29, 1.82) is 0 Å². The number of rotatable bonds is 6. The van der Waals surface area contributed by atoms with Crippen molar-refractivity contribution < 1.29 is 23.1 Å².